The van der Waals surface area contributed by atoms with Gasteiger partial charge in [-0.05, 0) is 47.5 Å². The fourth-order valence-electron chi connectivity index (χ4n) is 2.10. The minimum atomic E-state index is -0.617. The van der Waals surface area contributed by atoms with E-state index < -0.39 is 11.1 Å². The number of likely N-dealkylation sites (tertiary alicyclic amines) is 1. The first-order chi connectivity index (χ1) is 8.16. The number of nitrogens with zero attached hydrogens (tertiary/aromatic N) is 2. The van der Waals surface area contributed by atoms with Crippen LogP contribution in [0.25, 0.3) is 0 Å². The molecule has 0 radical (unpaired) electrons. The summed E-state index contributed by atoms with van der Waals surface area (Å²) in [5.41, 5.74) is -1.08. The maximum atomic E-state index is 12.2. The quantitative estimate of drug-likeness (QED) is 0.708. The predicted molar refractivity (Wildman–Crippen MR) is 69.8 cm³/mol. The van der Waals surface area contributed by atoms with E-state index in [0.717, 1.165) is 25.9 Å². The van der Waals surface area contributed by atoms with E-state index in [4.69, 9.17) is 10.00 Å². The number of carbonyl (C=O) groups excluding carboxylic acids is 1. The Bertz CT molecular complexity index is 342. The topological polar surface area (TPSA) is 53.3 Å². The zero-order chi connectivity index (χ0) is 14.0. The summed E-state index contributed by atoms with van der Waals surface area (Å²) in [5, 5.41) is 8.88. The van der Waals surface area contributed by atoms with Crippen LogP contribution in [0.2, 0.25) is 0 Å². The van der Waals surface area contributed by atoms with Crippen molar-refractivity contribution < 1.29 is 9.53 Å². The molecule has 1 fully saturated rings. The van der Waals surface area contributed by atoms with Crippen molar-refractivity contribution in [3.05, 3.63) is 0 Å². The fourth-order valence-corrected chi connectivity index (χ4v) is 2.10. The number of rotatable bonds is 2. The molecule has 18 heavy (non-hydrogen) atoms. The zero-order valence-corrected chi connectivity index (χ0v) is 12.1. The van der Waals surface area contributed by atoms with Crippen molar-refractivity contribution in [2.24, 2.45) is 5.92 Å². The molecule has 4 nitrogen and oxygen atoms in total. The molecule has 1 rings (SSSR count). The third-order valence-electron chi connectivity index (χ3n) is 3.37. The number of carbonyl (C=O) groups is 1. The van der Waals surface area contributed by atoms with E-state index in [1.807, 2.05) is 34.6 Å². The molecule has 102 valence electrons. The highest BCUT2D eigenvalue weighted by Gasteiger charge is 2.39. The number of piperidine rings is 1. The Hall–Kier alpha value is -1.08. The van der Waals surface area contributed by atoms with Gasteiger partial charge in [-0.3, -0.25) is 9.69 Å². The normalized spacial score (nSPS) is 19.3. The molecule has 0 saturated carbocycles. The minimum absolute atomic E-state index is 0.135. The van der Waals surface area contributed by atoms with Crippen molar-refractivity contribution in [2.45, 2.75) is 58.6 Å². The maximum Gasteiger partial charge on any atom is 0.326 e. The molecule has 0 aromatic carbocycles. The first kappa shape index (κ1) is 15.0. The summed E-state index contributed by atoms with van der Waals surface area (Å²) in [6.45, 7) is 11.0. The van der Waals surface area contributed by atoms with Crippen molar-refractivity contribution in [2.75, 3.05) is 13.1 Å². The number of esters is 1. The summed E-state index contributed by atoms with van der Waals surface area (Å²) in [6, 6.07) is 2.30. The lowest BCUT2D eigenvalue weighted by Crippen LogP contribution is -2.54. The van der Waals surface area contributed by atoms with Crippen LogP contribution in [-0.2, 0) is 9.53 Å². The van der Waals surface area contributed by atoms with Gasteiger partial charge in [0.25, 0.3) is 0 Å². The average molecular weight is 252 g/mol. The molecular formula is C14H24N2O2. The van der Waals surface area contributed by atoms with Gasteiger partial charge in [0.1, 0.15) is 11.1 Å². The smallest absolute Gasteiger partial charge is 0.326 e. The molecule has 4 heteroatoms. The van der Waals surface area contributed by atoms with E-state index in [2.05, 4.69) is 11.0 Å². The molecule has 1 aliphatic heterocycles. The highest BCUT2D eigenvalue weighted by atomic mass is 16.6. The molecule has 0 amide bonds. The number of ether oxygens (including phenoxy) is 1. The van der Waals surface area contributed by atoms with E-state index in [1.165, 1.54) is 0 Å². The molecule has 0 atom stereocenters. The van der Waals surface area contributed by atoms with Crippen molar-refractivity contribution in [1.82, 2.24) is 4.90 Å². The third-order valence-corrected chi connectivity index (χ3v) is 3.37. The van der Waals surface area contributed by atoms with Crippen LogP contribution in [0, 0.1) is 17.2 Å². The highest BCUT2D eigenvalue weighted by molar-refractivity contribution is 5.80. The monoisotopic (exact) mass is 252 g/mol. The first-order valence-corrected chi connectivity index (χ1v) is 6.55. The second-order valence-corrected chi connectivity index (χ2v) is 6.45. The van der Waals surface area contributed by atoms with Crippen LogP contribution in [0.4, 0.5) is 0 Å². The van der Waals surface area contributed by atoms with Crippen LogP contribution in [-0.4, -0.2) is 35.1 Å². The van der Waals surface area contributed by atoms with E-state index in [1.54, 1.807) is 0 Å². The summed E-state index contributed by atoms with van der Waals surface area (Å²) in [6.07, 6.45) is 1.67. The van der Waals surface area contributed by atoms with E-state index in [9.17, 15) is 4.79 Å². The predicted octanol–water partition coefficient (Wildman–Crippen LogP) is 2.34. The second-order valence-electron chi connectivity index (χ2n) is 6.45. The van der Waals surface area contributed by atoms with Gasteiger partial charge in [0.05, 0.1) is 6.07 Å². The standard InChI is InChI=1S/C14H24N2O2/c1-13(2,3)18-12(17)14(4,5)16-8-6-11(10-15)7-9-16/h11H,6-9H2,1-5H3. The lowest BCUT2D eigenvalue weighted by atomic mass is 9.93. The number of hydrogen-bond donors (Lipinski definition) is 0. The molecular weight excluding hydrogens is 228 g/mol. The second kappa shape index (κ2) is 5.27. The van der Waals surface area contributed by atoms with E-state index in [0.29, 0.717) is 0 Å². The Morgan fingerprint density at radius 3 is 2.11 bits per heavy atom. The van der Waals surface area contributed by atoms with E-state index in [-0.39, 0.29) is 11.9 Å². The summed E-state index contributed by atoms with van der Waals surface area (Å²) in [7, 11) is 0. The number of hydrogen-bond acceptors (Lipinski definition) is 4. The molecule has 1 aliphatic rings. The Labute approximate surface area is 110 Å². The summed E-state index contributed by atoms with van der Waals surface area (Å²) in [5.74, 6) is -0.0545. The maximum absolute atomic E-state index is 12.2. The average Bonchev–Trinajstić information content (AvgIpc) is 2.27. The largest absolute Gasteiger partial charge is 0.459 e. The third kappa shape index (κ3) is 3.71. The molecule has 0 aromatic heterocycles. The molecule has 0 N–H and O–H groups in total. The Morgan fingerprint density at radius 1 is 1.22 bits per heavy atom. The molecule has 0 bridgehead atoms. The van der Waals surface area contributed by atoms with Gasteiger partial charge >= 0.3 is 5.97 Å². The lowest BCUT2D eigenvalue weighted by molar-refractivity contribution is -0.168. The van der Waals surface area contributed by atoms with Gasteiger partial charge in [0.15, 0.2) is 0 Å². The van der Waals surface area contributed by atoms with Gasteiger partial charge in [-0.25, -0.2) is 0 Å². The van der Waals surface area contributed by atoms with Crippen molar-refractivity contribution in [3.8, 4) is 6.07 Å². The van der Waals surface area contributed by atoms with E-state index >= 15 is 0 Å². The molecule has 0 unspecified atom stereocenters. The van der Waals surface area contributed by atoms with Crippen LogP contribution in [0.5, 0.6) is 0 Å². The molecule has 1 saturated heterocycles. The van der Waals surface area contributed by atoms with Gasteiger partial charge in [0.2, 0.25) is 0 Å². The Balaban J connectivity index is 2.64. The zero-order valence-electron chi connectivity index (χ0n) is 12.1. The van der Waals surface area contributed by atoms with Crippen LogP contribution in [0.1, 0.15) is 47.5 Å². The highest BCUT2D eigenvalue weighted by Crippen LogP contribution is 2.26. The van der Waals surface area contributed by atoms with Gasteiger partial charge in [0, 0.05) is 19.0 Å². The van der Waals surface area contributed by atoms with Gasteiger partial charge in [-0.1, -0.05) is 0 Å². The molecule has 0 aliphatic carbocycles. The first-order valence-electron chi connectivity index (χ1n) is 6.55. The fraction of sp³-hybridized carbons (Fsp3) is 0.857. The molecule has 1 heterocycles. The van der Waals surface area contributed by atoms with Gasteiger partial charge in [-0.15, -0.1) is 0 Å². The van der Waals surface area contributed by atoms with Crippen molar-refractivity contribution in [1.29, 1.82) is 5.26 Å². The van der Waals surface area contributed by atoms with Gasteiger partial charge < -0.3 is 4.74 Å². The van der Waals surface area contributed by atoms with Crippen LogP contribution in [0.15, 0.2) is 0 Å². The Kier molecular flexibility index (Phi) is 4.39. The number of nitriles is 1. The molecule has 0 spiro atoms. The van der Waals surface area contributed by atoms with Crippen molar-refractivity contribution in [3.63, 3.8) is 0 Å². The SMILES string of the molecule is CC(C)(C)OC(=O)C(C)(C)N1CCC(C#N)CC1. The minimum Gasteiger partial charge on any atom is -0.459 e. The summed E-state index contributed by atoms with van der Waals surface area (Å²) >= 11 is 0. The van der Waals surface area contributed by atoms with Crippen LogP contribution in [0.3, 0.4) is 0 Å². The van der Waals surface area contributed by atoms with Gasteiger partial charge in [-0.2, -0.15) is 5.26 Å². The summed E-state index contributed by atoms with van der Waals surface area (Å²) in [4.78, 5) is 14.3. The Morgan fingerprint density at radius 2 is 1.72 bits per heavy atom. The van der Waals surface area contributed by atoms with Crippen LogP contribution < -0.4 is 0 Å². The summed E-state index contributed by atoms with van der Waals surface area (Å²) < 4.78 is 5.46. The molecule has 0 aromatic rings. The van der Waals surface area contributed by atoms with Crippen molar-refractivity contribution >= 4 is 5.97 Å². The lowest BCUT2D eigenvalue weighted by Gasteiger charge is -2.41. The van der Waals surface area contributed by atoms with Crippen LogP contribution >= 0.6 is 0 Å².